The van der Waals surface area contributed by atoms with E-state index in [1.165, 1.54) is 18.2 Å². The van der Waals surface area contributed by atoms with Crippen LogP contribution < -0.4 is 15.2 Å². The van der Waals surface area contributed by atoms with Gasteiger partial charge in [-0.15, -0.1) is 0 Å². The van der Waals surface area contributed by atoms with E-state index in [0.717, 1.165) is 6.26 Å². The molecule has 120 valence electrons. The number of benzene rings is 1. The van der Waals surface area contributed by atoms with Gasteiger partial charge < -0.3 is 5.73 Å². The van der Waals surface area contributed by atoms with Gasteiger partial charge >= 0.3 is 0 Å². The maximum Gasteiger partial charge on any atom is 0.242 e. The van der Waals surface area contributed by atoms with Crippen LogP contribution in [0.3, 0.4) is 0 Å². The number of hydrogen-bond acceptors (Lipinski definition) is 5. The topological polar surface area (TPSA) is 118 Å². The molecule has 0 radical (unpaired) electrons. The van der Waals surface area contributed by atoms with Crippen LogP contribution in [0.1, 0.15) is 13.8 Å². The summed E-state index contributed by atoms with van der Waals surface area (Å²) < 4.78 is 51.4. The molecule has 7 nitrogen and oxygen atoms in total. The highest BCUT2D eigenvalue weighted by atomic mass is 35.5. The van der Waals surface area contributed by atoms with Crippen LogP contribution in [-0.4, -0.2) is 35.2 Å². The minimum absolute atomic E-state index is 0.00335. The first kappa shape index (κ1) is 18.2. The van der Waals surface area contributed by atoms with Crippen molar-refractivity contribution in [2.24, 2.45) is 0 Å². The molecule has 0 atom stereocenters. The van der Waals surface area contributed by atoms with Crippen LogP contribution in [0.15, 0.2) is 23.1 Å². The predicted octanol–water partition coefficient (Wildman–Crippen LogP) is 0.528. The maximum atomic E-state index is 12.2. The highest BCUT2D eigenvalue weighted by molar-refractivity contribution is 7.89. The quantitative estimate of drug-likeness (QED) is 0.643. The normalized spacial score (nSPS) is 13.3. The van der Waals surface area contributed by atoms with Crippen molar-refractivity contribution in [1.29, 1.82) is 0 Å². The summed E-state index contributed by atoms with van der Waals surface area (Å²) in [7, 11) is -7.32. The number of hydrogen-bond donors (Lipinski definition) is 3. The van der Waals surface area contributed by atoms with Crippen LogP contribution in [0.2, 0.25) is 5.02 Å². The molecule has 0 bridgehead atoms. The molecule has 0 amide bonds. The predicted molar refractivity (Wildman–Crippen MR) is 83.1 cm³/mol. The summed E-state index contributed by atoms with van der Waals surface area (Å²) in [4.78, 5) is -0.117. The highest BCUT2D eigenvalue weighted by Gasteiger charge is 2.26. The van der Waals surface area contributed by atoms with Crippen LogP contribution in [0.4, 0.5) is 5.69 Å². The molecule has 10 heteroatoms. The van der Waals surface area contributed by atoms with Gasteiger partial charge in [0, 0.05) is 17.8 Å². The number of nitrogen functional groups attached to an aromatic ring is 1. The first-order chi connectivity index (χ1) is 9.32. The van der Waals surface area contributed by atoms with Crippen molar-refractivity contribution in [2.45, 2.75) is 24.3 Å². The van der Waals surface area contributed by atoms with Crippen LogP contribution in [0.5, 0.6) is 0 Å². The monoisotopic (exact) mass is 355 g/mol. The largest absolute Gasteiger partial charge is 0.399 e. The Morgan fingerprint density at radius 2 is 1.81 bits per heavy atom. The standard InChI is InChI=1S/C11H18ClN3O4S2/c1-11(2,15-20(3,16)17)7-14-21(18,19)10-5-4-8(13)6-9(10)12/h4-6,14-15H,7,13H2,1-3H3. The molecule has 0 unspecified atom stereocenters. The summed E-state index contributed by atoms with van der Waals surface area (Å²) >= 11 is 5.86. The lowest BCUT2D eigenvalue weighted by atomic mass is 10.1. The molecule has 0 aliphatic carbocycles. The molecule has 0 saturated carbocycles. The van der Waals surface area contributed by atoms with Gasteiger partial charge in [-0.3, -0.25) is 0 Å². The zero-order valence-electron chi connectivity index (χ0n) is 11.8. The van der Waals surface area contributed by atoms with Gasteiger partial charge in [-0.25, -0.2) is 26.3 Å². The van der Waals surface area contributed by atoms with Crippen LogP contribution in [-0.2, 0) is 20.0 Å². The van der Waals surface area contributed by atoms with Gasteiger partial charge in [-0.05, 0) is 32.0 Å². The molecule has 1 rings (SSSR count). The summed E-state index contributed by atoms with van der Waals surface area (Å²) in [6.45, 7) is 2.98. The Morgan fingerprint density at radius 1 is 1.24 bits per heavy atom. The zero-order chi connectivity index (χ0) is 16.5. The molecule has 0 saturated heterocycles. The van der Waals surface area contributed by atoms with E-state index in [2.05, 4.69) is 9.44 Å². The average molecular weight is 356 g/mol. The van der Waals surface area contributed by atoms with Gasteiger partial charge in [0.2, 0.25) is 20.0 Å². The van der Waals surface area contributed by atoms with E-state index in [1.54, 1.807) is 13.8 Å². The second kappa shape index (κ2) is 6.09. The van der Waals surface area contributed by atoms with E-state index in [9.17, 15) is 16.8 Å². The zero-order valence-corrected chi connectivity index (χ0v) is 14.2. The van der Waals surface area contributed by atoms with Gasteiger partial charge in [-0.2, -0.15) is 0 Å². The minimum Gasteiger partial charge on any atom is -0.399 e. The summed E-state index contributed by atoms with van der Waals surface area (Å²) in [5, 5.41) is -0.00335. The lowest BCUT2D eigenvalue weighted by Crippen LogP contribution is -2.50. The van der Waals surface area contributed by atoms with Crippen molar-refractivity contribution in [2.75, 3.05) is 18.5 Å². The molecule has 0 fully saturated rings. The fourth-order valence-corrected chi connectivity index (χ4v) is 4.47. The van der Waals surface area contributed by atoms with Gasteiger partial charge in [0.05, 0.1) is 11.3 Å². The Kier molecular flexibility index (Phi) is 5.27. The molecule has 0 heterocycles. The SMILES string of the molecule is CC(C)(CNS(=O)(=O)c1ccc(N)cc1Cl)NS(C)(=O)=O. The first-order valence-electron chi connectivity index (χ1n) is 5.86. The molecular weight excluding hydrogens is 338 g/mol. The molecule has 1 aromatic rings. The molecule has 0 aliphatic rings. The van der Waals surface area contributed by atoms with Crippen molar-refractivity contribution in [3.63, 3.8) is 0 Å². The number of nitrogens with two attached hydrogens (primary N) is 1. The number of anilines is 1. The van der Waals surface area contributed by atoms with Crippen molar-refractivity contribution >= 4 is 37.3 Å². The molecule has 0 spiro atoms. The summed E-state index contributed by atoms with van der Waals surface area (Å²) in [5.74, 6) is 0. The third-order valence-electron chi connectivity index (χ3n) is 2.41. The van der Waals surface area contributed by atoms with E-state index in [1.807, 2.05) is 0 Å². The van der Waals surface area contributed by atoms with Gasteiger partial charge in [-0.1, -0.05) is 11.6 Å². The average Bonchev–Trinajstić information content (AvgIpc) is 2.23. The lowest BCUT2D eigenvalue weighted by molar-refractivity contribution is 0.446. The molecule has 21 heavy (non-hydrogen) atoms. The Balaban J connectivity index is 2.91. The van der Waals surface area contributed by atoms with Crippen molar-refractivity contribution in [1.82, 2.24) is 9.44 Å². The lowest BCUT2D eigenvalue weighted by Gasteiger charge is -2.25. The number of sulfonamides is 2. The van der Waals surface area contributed by atoms with Crippen molar-refractivity contribution in [3.05, 3.63) is 23.2 Å². The molecule has 0 aliphatic heterocycles. The van der Waals surface area contributed by atoms with Crippen LogP contribution in [0.25, 0.3) is 0 Å². The molecule has 0 aromatic heterocycles. The second-order valence-electron chi connectivity index (χ2n) is 5.27. The molecule has 1 aromatic carbocycles. The first-order valence-corrected chi connectivity index (χ1v) is 9.61. The van der Waals surface area contributed by atoms with E-state index in [4.69, 9.17) is 17.3 Å². The fourth-order valence-electron chi connectivity index (χ4n) is 1.63. The molecule has 4 N–H and O–H groups in total. The third kappa shape index (κ3) is 5.79. The van der Waals surface area contributed by atoms with Crippen molar-refractivity contribution in [3.8, 4) is 0 Å². The van der Waals surface area contributed by atoms with E-state index in [-0.39, 0.29) is 16.5 Å². The summed E-state index contributed by atoms with van der Waals surface area (Å²) in [5.41, 5.74) is 4.87. The highest BCUT2D eigenvalue weighted by Crippen LogP contribution is 2.23. The van der Waals surface area contributed by atoms with E-state index >= 15 is 0 Å². The Morgan fingerprint density at radius 3 is 2.29 bits per heavy atom. The smallest absolute Gasteiger partial charge is 0.242 e. The van der Waals surface area contributed by atoms with Gasteiger partial charge in [0.15, 0.2) is 0 Å². The number of halogens is 1. The summed E-state index contributed by atoms with van der Waals surface area (Å²) in [6.07, 6.45) is 1.00. The Bertz CT molecular complexity index is 730. The summed E-state index contributed by atoms with van der Waals surface area (Å²) in [6, 6.07) is 4.04. The third-order valence-corrected chi connectivity index (χ3v) is 5.22. The fraction of sp³-hybridized carbons (Fsp3) is 0.455. The van der Waals surface area contributed by atoms with E-state index < -0.39 is 25.6 Å². The number of rotatable bonds is 6. The molecular formula is C11H18ClN3O4S2. The number of nitrogens with one attached hydrogen (secondary N) is 2. The minimum atomic E-state index is -3.87. The second-order valence-corrected chi connectivity index (χ2v) is 9.16. The van der Waals surface area contributed by atoms with Crippen molar-refractivity contribution < 1.29 is 16.8 Å². The maximum absolute atomic E-state index is 12.2. The van der Waals surface area contributed by atoms with E-state index in [0.29, 0.717) is 5.69 Å². The van der Waals surface area contributed by atoms with Crippen LogP contribution >= 0.6 is 11.6 Å². The van der Waals surface area contributed by atoms with Gasteiger partial charge in [0.1, 0.15) is 4.90 Å². The Hall–Kier alpha value is -0.870. The Labute approximate surface area is 130 Å². The van der Waals surface area contributed by atoms with Crippen LogP contribution in [0, 0.1) is 0 Å². The van der Waals surface area contributed by atoms with Gasteiger partial charge in [0.25, 0.3) is 0 Å².